The zero-order valence-electron chi connectivity index (χ0n) is 12.3. The first kappa shape index (κ1) is 16.9. The van der Waals surface area contributed by atoms with E-state index in [0.717, 1.165) is 35.8 Å². The van der Waals surface area contributed by atoms with Gasteiger partial charge in [-0.15, -0.1) is 11.8 Å². The molecule has 4 nitrogen and oxygen atoms in total. The highest BCUT2D eigenvalue weighted by Crippen LogP contribution is 2.29. The van der Waals surface area contributed by atoms with E-state index in [2.05, 4.69) is 12.2 Å². The van der Waals surface area contributed by atoms with E-state index in [1.807, 2.05) is 24.3 Å². The fraction of sp³-hybridized carbons (Fsp3) is 0.533. The van der Waals surface area contributed by atoms with Gasteiger partial charge in [0.1, 0.15) is 11.8 Å². The van der Waals surface area contributed by atoms with Gasteiger partial charge in [0.25, 0.3) is 0 Å². The van der Waals surface area contributed by atoms with Crippen molar-refractivity contribution in [1.82, 2.24) is 5.32 Å². The maximum absolute atomic E-state index is 11.7. The minimum absolute atomic E-state index is 0.195. The van der Waals surface area contributed by atoms with E-state index >= 15 is 0 Å². The molecule has 1 N–H and O–H groups in total. The molecule has 0 heterocycles. The molecule has 0 spiro atoms. The van der Waals surface area contributed by atoms with Gasteiger partial charge in [0.15, 0.2) is 0 Å². The number of carbonyl (C=O) groups excluding carboxylic acids is 1. The van der Waals surface area contributed by atoms with Crippen LogP contribution in [0.5, 0.6) is 5.75 Å². The van der Waals surface area contributed by atoms with Gasteiger partial charge in [-0.3, -0.25) is 4.79 Å². The van der Waals surface area contributed by atoms with E-state index < -0.39 is 0 Å². The first-order valence-corrected chi connectivity index (χ1v) is 7.78. The summed E-state index contributed by atoms with van der Waals surface area (Å²) in [6.45, 7) is 2.89. The van der Waals surface area contributed by atoms with Crippen molar-refractivity contribution in [3.63, 3.8) is 0 Å². The lowest BCUT2D eigenvalue weighted by molar-refractivity contribution is -0.143. The van der Waals surface area contributed by atoms with Crippen LogP contribution in [-0.4, -0.2) is 38.5 Å². The average molecular weight is 297 g/mol. The van der Waals surface area contributed by atoms with Crippen LogP contribution in [-0.2, 0) is 9.53 Å². The molecule has 112 valence electrons. The number of nitrogens with one attached hydrogen (secondary N) is 1. The second-order valence-corrected chi connectivity index (χ2v) is 5.45. The highest BCUT2D eigenvalue weighted by molar-refractivity contribution is 7.99. The summed E-state index contributed by atoms with van der Waals surface area (Å²) in [5.74, 6) is 1.50. The summed E-state index contributed by atoms with van der Waals surface area (Å²) in [6, 6.07) is 7.66. The molecule has 0 aliphatic carbocycles. The zero-order valence-corrected chi connectivity index (χ0v) is 13.2. The normalized spacial score (nSPS) is 11.9. The number of rotatable bonds is 9. The van der Waals surface area contributed by atoms with E-state index in [-0.39, 0.29) is 12.0 Å². The molecule has 1 rings (SSSR count). The third-order valence-corrected chi connectivity index (χ3v) is 3.95. The molecule has 0 fully saturated rings. The Balaban J connectivity index is 2.48. The Morgan fingerprint density at radius 3 is 2.75 bits per heavy atom. The predicted octanol–water partition coefficient (Wildman–Crippen LogP) is 2.72. The van der Waals surface area contributed by atoms with Crippen LogP contribution in [0, 0.1) is 0 Å². The topological polar surface area (TPSA) is 47.6 Å². The number of esters is 1. The maximum Gasteiger partial charge on any atom is 0.322 e. The average Bonchev–Trinajstić information content (AvgIpc) is 2.50. The van der Waals surface area contributed by atoms with Crippen molar-refractivity contribution in [1.29, 1.82) is 0 Å². The Bertz CT molecular complexity index is 412. The molecule has 0 aliphatic heterocycles. The van der Waals surface area contributed by atoms with Crippen molar-refractivity contribution in [3.05, 3.63) is 24.3 Å². The number of hydrogen-bond donors (Lipinski definition) is 1. The summed E-state index contributed by atoms with van der Waals surface area (Å²) in [5.41, 5.74) is 0. The molecule has 0 amide bonds. The lowest BCUT2D eigenvalue weighted by Gasteiger charge is -2.16. The second kappa shape index (κ2) is 9.66. The van der Waals surface area contributed by atoms with Crippen LogP contribution in [0.25, 0.3) is 0 Å². The van der Waals surface area contributed by atoms with Crippen molar-refractivity contribution in [2.75, 3.05) is 26.5 Å². The lowest BCUT2D eigenvalue weighted by Crippen LogP contribution is -2.38. The monoisotopic (exact) mass is 297 g/mol. The molecule has 0 radical (unpaired) electrons. The van der Waals surface area contributed by atoms with E-state index in [1.165, 1.54) is 7.11 Å². The maximum atomic E-state index is 11.7. The largest absolute Gasteiger partial charge is 0.496 e. The molecule has 0 bridgehead atoms. The van der Waals surface area contributed by atoms with Crippen LogP contribution in [0.15, 0.2) is 29.2 Å². The Hall–Kier alpha value is -1.20. The summed E-state index contributed by atoms with van der Waals surface area (Å²) in [6.07, 6.45) is 1.72. The van der Waals surface area contributed by atoms with Crippen molar-refractivity contribution >= 4 is 17.7 Å². The molecule has 1 aromatic rings. The Morgan fingerprint density at radius 2 is 2.10 bits per heavy atom. The molecule has 1 unspecified atom stereocenters. The smallest absolute Gasteiger partial charge is 0.322 e. The fourth-order valence-electron chi connectivity index (χ4n) is 1.79. The number of hydrogen-bond acceptors (Lipinski definition) is 5. The second-order valence-electron chi connectivity index (χ2n) is 4.32. The van der Waals surface area contributed by atoms with Crippen molar-refractivity contribution in [2.45, 2.75) is 30.7 Å². The zero-order chi connectivity index (χ0) is 14.8. The van der Waals surface area contributed by atoms with Crippen molar-refractivity contribution in [2.24, 2.45) is 0 Å². The first-order valence-electron chi connectivity index (χ1n) is 6.80. The van der Waals surface area contributed by atoms with Crippen LogP contribution < -0.4 is 10.1 Å². The molecular formula is C15H23NO3S. The molecule has 5 heteroatoms. The SMILES string of the molecule is CCCNC(CCSc1ccccc1OC)C(=O)OC. The predicted molar refractivity (Wildman–Crippen MR) is 82.4 cm³/mol. The molecule has 20 heavy (non-hydrogen) atoms. The third kappa shape index (κ3) is 5.43. The standard InChI is InChI=1S/C15H23NO3S/c1-4-10-16-12(15(17)19-3)9-11-20-14-8-6-5-7-13(14)18-2/h5-8,12,16H,4,9-11H2,1-3H3. The van der Waals surface area contributed by atoms with Gasteiger partial charge >= 0.3 is 5.97 Å². The van der Waals surface area contributed by atoms with E-state index in [1.54, 1.807) is 18.9 Å². The molecule has 1 atom stereocenters. The number of para-hydroxylation sites is 1. The van der Waals surface area contributed by atoms with E-state index in [4.69, 9.17) is 9.47 Å². The van der Waals surface area contributed by atoms with Crippen LogP contribution >= 0.6 is 11.8 Å². The number of thioether (sulfide) groups is 1. The van der Waals surface area contributed by atoms with E-state index in [9.17, 15) is 4.79 Å². The first-order chi connectivity index (χ1) is 9.72. The highest BCUT2D eigenvalue weighted by Gasteiger charge is 2.17. The van der Waals surface area contributed by atoms with Gasteiger partial charge < -0.3 is 14.8 Å². The molecule has 0 aliphatic rings. The van der Waals surface area contributed by atoms with E-state index in [0.29, 0.717) is 0 Å². The summed E-state index contributed by atoms with van der Waals surface area (Å²) in [5, 5.41) is 3.22. The van der Waals surface area contributed by atoms with Gasteiger partial charge in [0.2, 0.25) is 0 Å². The van der Waals surface area contributed by atoms with Crippen LogP contribution in [0.1, 0.15) is 19.8 Å². The van der Waals surface area contributed by atoms with Crippen LogP contribution in [0.4, 0.5) is 0 Å². The van der Waals surface area contributed by atoms with Crippen LogP contribution in [0.2, 0.25) is 0 Å². The number of methoxy groups -OCH3 is 2. The van der Waals surface area contributed by atoms with Crippen molar-refractivity contribution in [3.8, 4) is 5.75 Å². The Labute approximate surface area is 125 Å². The number of ether oxygens (including phenoxy) is 2. The Morgan fingerprint density at radius 1 is 1.35 bits per heavy atom. The Kier molecular flexibility index (Phi) is 8.14. The summed E-state index contributed by atoms with van der Waals surface area (Å²) >= 11 is 1.69. The van der Waals surface area contributed by atoms with Gasteiger partial charge in [-0.1, -0.05) is 19.1 Å². The molecule has 0 saturated heterocycles. The molecule has 0 aromatic heterocycles. The third-order valence-electron chi connectivity index (χ3n) is 2.86. The minimum atomic E-state index is -0.234. The van der Waals surface area contributed by atoms with Crippen molar-refractivity contribution < 1.29 is 14.3 Å². The number of benzene rings is 1. The molecule has 1 aromatic carbocycles. The van der Waals surface area contributed by atoms with Gasteiger partial charge in [-0.05, 0) is 31.5 Å². The van der Waals surface area contributed by atoms with Gasteiger partial charge in [-0.2, -0.15) is 0 Å². The fourth-order valence-corrected chi connectivity index (χ4v) is 2.83. The molecule has 0 saturated carbocycles. The summed E-state index contributed by atoms with van der Waals surface area (Å²) in [7, 11) is 3.09. The van der Waals surface area contributed by atoms with Gasteiger partial charge in [-0.25, -0.2) is 0 Å². The highest BCUT2D eigenvalue weighted by atomic mass is 32.2. The molecular weight excluding hydrogens is 274 g/mol. The van der Waals surface area contributed by atoms with Crippen LogP contribution in [0.3, 0.4) is 0 Å². The summed E-state index contributed by atoms with van der Waals surface area (Å²) in [4.78, 5) is 12.8. The van der Waals surface area contributed by atoms with Gasteiger partial charge in [0, 0.05) is 10.6 Å². The lowest BCUT2D eigenvalue weighted by atomic mass is 10.2. The van der Waals surface area contributed by atoms with Gasteiger partial charge in [0.05, 0.1) is 14.2 Å². The number of carbonyl (C=O) groups is 1. The minimum Gasteiger partial charge on any atom is -0.496 e. The quantitative estimate of drug-likeness (QED) is 0.561. The summed E-state index contributed by atoms with van der Waals surface area (Å²) < 4.78 is 10.1.